The van der Waals surface area contributed by atoms with Crippen molar-refractivity contribution >= 4 is 5.82 Å². The zero-order valence-electron chi connectivity index (χ0n) is 13.2. The molecule has 3 rings (SSSR count). The highest BCUT2D eigenvalue weighted by molar-refractivity contribution is 5.43. The molecule has 1 aromatic rings. The van der Waals surface area contributed by atoms with Crippen LogP contribution in [-0.4, -0.2) is 60.8 Å². The second-order valence-corrected chi connectivity index (χ2v) is 6.29. The summed E-state index contributed by atoms with van der Waals surface area (Å²) in [5, 5.41) is 0. The molecule has 2 aliphatic heterocycles. The number of hydrogen-bond acceptors (Lipinski definition) is 5. The van der Waals surface area contributed by atoms with Crippen molar-refractivity contribution in [3.8, 4) is 0 Å². The molecule has 0 aromatic carbocycles. The number of hydrogen-bond donors (Lipinski definition) is 0. The first-order chi connectivity index (χ1) is 10.2. The van der Waals surface area contributed by atoms with Crippen molar-refractivity contribution in [1.82, 2.24) is 14.9 Å². The number of anilines is 1. The average molecular weight is 290 g/mol. The van der Waals surface area contributed by atoms with Crippen LogP contribution in [0.5, 0.6) is 0 Å². The summed E-state index contributed by atoms with van der Waals surface area (Å²) >= 11 is 0. The van der Waals surface area contributed by atoms with Crippen molar-refractivity contribution in [3.63, 3.8) is 0 Å². The monoisotopic (exact) mass is 290 g/mol. The van der Waals surface area contributed by atoms with Gasteiger partial charge in [0.1, 0.15) is 5.82 Å². The molecule has 1 atom stereocenters. The fourth-order valence-corrected chi connectivity index (χ4v) is 3.28. The SMILES string of the molecule is Cc1cnc(C)c(N2CCN(CC3CCCOC3)CC2)n1. The average Bonchev–Trinajstić information content (AvgIpc) is 2.52. The minimum atomic E-state index is 0.728. The second-order valence-electron chi connectivity index (χ2n) is 6.29. The van der Waals surface area contributed by atoms with Crippen LogP contribution in [0.15, 0.2) is 6.20 Å². The van der Waals surface area contributed by atoms with E-state index in [0.29, 0.717) is 0 Å². The van der Waals surface area contributed by atoms with Crippen molar-refractivity contribution in [1.29, 1.82) is 0 Å². The molecule has 116 valence electrons. The highest BCUT2D eigenvalue weighted by Gasteiger charge is 2.23. The molecule has 2 saturated heterocycles. The van der Waals surface area contributed by atoms with Gasteiger partial charge in [0.25, 0.3) is 0 Å². The first-order valence-corrected chi connectivity index (χ1v) is 8.07. The van der Waals surface area contributed by atoms with Crippen molar-refractivity contribution in [2.75, 3.05) is 50.8 Å². The summed E-state index contributed by atoms with van der Waals surface area (Å²) in [6.07, 6.45) is 4.39. The molecular weight excluding hydrogens is 264 g/mol. The van der Waals surface area contributed by atoms with Gasteiger partial charge in [-0.2, -0.15) is 0 Å². The largest absolute Gasteiger partial charge is 0.381 e. The zero-order valence-corrected chi connectivity index (χ0v) is 13.2. The Balaban J connectivity index is 1.53. The van der Waals surface area contributed by atoms with Gasteiger partial charge in [0, 0.05) is 45.5 Å². The molecule has 3 heterocycles. The lowest BCUT2D eigenvalue weighted by Crippen LogP contribution is -2.49. The Bertz CT molecular complexity index is 465. The van der Waals surface area contributed by atoms with Gasteiger partial charge in [-0.05, 0) is 32.6 Å². The van der Waals surface area contributed by atoms with E-state index in [1.54, 1.807) is 0 Å². The molecule has 21 heavy (non-hydrogen) atoms. The van der Waals surface area contributed by atoms with E-state index in [4.69, 9.17) is 4.74 Å². The fraction of sp³-hybridized carbons (Fsp3) is 0.750. The Morgan fingerprint density at radius 2 is 2.05 bits per heavy atom. The van der Waals surface area contributed by atoms with Gasteiger partial charge in [0.15, 0.2) is 0 Å². The number of aromatic nitrogens is 2. The number of piperazine rings is 1. The maximum absolute atomic E-state index is 5.59. The summed E-state index contributed by atoms with van der Waals surface area (Å²) in [6.45, 7) is 11.5. The highest BCUT2D eigenvalue weighted by atomic mass is 16.5. The summed E-state index contributed by atoms with van der Waals surface area (Å²) < 4.78 is 5.59. The molecule has 1 unspecified atom stereocenters. The van der Waals surface area contributed by atoms with Crippen LogP contribution in [0.25, 0.3) is 0 Å². The van der Waals surface area contributed by atoms with E-state index >= 15 is 0 Å². The Kier molecular flexibility index (Phi) is 4.70. The highest BCUT2D eigenvalue weighted by Crippen LogP contribution is 2.19. The minimum absolute atomic E-state index is 0.728. The van der Waals surface area contributed by atoms with Gasteiger partial charge in [0.05, 0.1) is 18.0 Å². The van der Waals surface area contributed by atoms with Crippen molar-refractivity contribution in [2.45, 2.75) is 26.7 Å². The summed E-state index contributed by atoms with van der Waals surface area (Å²) in [5.41, 5.74) is 2.03. The van der Waals surface area contributed by atoms with Crippen molar-refractivity contribution in [2.24, 2.45) is 5.92 Å². The van der Waals surface area contributed by atoms with Gasteiger partial charge in [-0.15, -0.1) is 0 Å². The van der Waals surface area contributed by atoms with E-state index in [0.717, 1.165) is 62.5 Å². The van der Waals surface area contributed by atoms with Gasteiger partial charge in [-0.3, -0.25) is 9.88 Å². The van der Waals surface area contributed by atoms with Crippen LogP contribution in [-0.2, 0) is 4.74 Å². The second kappa shape index (κ2) is 6.71. The van der Waals surface area contributed by atoms with Crippen LogP contribution >= 0.6 is 0 Å². The number of ether oxygens (including phenoxy) is 1. The first kappa shape index (κ1) is 14.7. The topological polar surface area (TPSA) is 41.5 Å². The standard InChI is InChI=1S/C16H26N4O/c1-13-10-17-14(2)16(18-13)20-7-5-19(6-8-20)11-15-4-3-9-21-12-15/h10,15H,3-9,11-12H2,1-2H3. The van der Waals surface area contributed by atoms with Gasteiger partial charge < -0.3 is 9.64 Å². The van der Waals surface area contributed by atoms with Crippen LogP contribution in [0.2, 0.25) is 0 Å². The van der Waals surface area contributed by atoms with Gasteiger partial charge in [-0.25, -0.2) is 4.98 Å². The van der Waals surface area contributed by atoms with Crippen LogP contribution in [0.1, 0.15) is 24.2 Å². The van der Waals surface area contributed by atoms with Crippen LogP contribution < -0.4 is 4.90 Å². The molecule has 5 nitrogen and oxygen atoms in total. The van der Waals surface area contributed by atoms with Crippen LogP contribution in [0.4, 0.5) is 5.82 Å². The molecular formula is C16H26N4O. The van der Waals surface area contributed by atoms with E-state index in [-0.39, 0.29) is 0 Å². The zero-order chi connectivity index (χ0) is 14.7. The van der Waals surface area contributed by atoms with E-state index in [2.05, 4.69) is 19.8 Å². The quantitative estimate of drug-likeness (QED) is 0.846. The lowest BCUT2D eigenvalue weighted by molar-refractivity contribution is 0.0376. The molecule has 0 radical (unpaired) electrons. The van der Waals surface area contributed by atoms with Gasteiger partial charge in [-0.1, -0.05) is 0 Å². The maximum Gasteiger partial charge on any atom is 0.150 e. The van der Waals surface area contributed by atoms with Crippen LogP contribution in [0.3, 0.4) is 0 Å². The van der Waals surface area contributed by atoms with Crippen molar-refractivity contribution < 1.29 is 4.74 Å². The maximum atomic E-state index is 5.59. The third kappa shape index (κ3) is 3.71. The van der Waals surface area contributed by atoms with Gasteiger partial charge in [0.2, 0.25) is 0 Å². The third-order valence-corrected chi connectivity index (χ3v) is 4.49. The number of aryl methyl sites for hydroxylation is 2. The predicted molar refractivity (Wildman–Crippen MR) is 83.7 cm³/mol. The fourth-order valence-electron chi connectivity index (χ4n) is 3.28. The smallest absolute Gasteiger partial charge is 0.150 e. The summed E-state index contributed by atoms with van der Waals surface area (Å²) in [5.74, 6) is 1.79. The van der Waals surface area contributed by atoms with E-state index in [9.17, 15) is 0 Å². The Hall–Kier alpha value is -1.20. The Labute approximate surface area is 127 Å². The number of nitrogens with zero attached hydrogens (tertiary/aromatic N) is 4. The summed E-state index contributed by atoms with van der Waals surface area (Å²) in [7, 11) is 0. The molecule has 0 bridgehead atoms. The van der Waals surface area contributed by atoms with Crippen molar-refractivity contribution in [3.05, 3.63) is 17.6 Å². The lowest BCUT2D eigenvalue weighted by atomic mass is 10.0. The molecule has 0 saturated carbocycles. The van der Waals surface area contributed by atoms with Gasteiger partial charge >= 0.3 is 0 Å². The normalized spacial score (nSPS) is 24.3. The lowest BCUT2D eigenvalue weighted by Gasteiger charge is -2.38. The van der Waals surface area contributed by atoms with E-state index in [1.165, 1.54) is 19.4 Å². The third-order valence-electron chi connectivity index (χ3n) is 4.49. The number of rotatable bonds is 3. The van der Waals surface area contributed by atoms with Crippen LogP contribution in [0, 0.1) is 19.8 Å². The molecule has 2 aliphatic rings. The van der Waals surface area contributed by atoms with E-state index in [1.807, 2.05) is 20.0 Å². The predicted octanol–water partition coefficient (Wildman–Crippen LogP) is 1.64. The molecule has 0 amide bonds. The molecule has 0 aliphatic carbocycles. The summed E-state index contributed by atoms with van der Waals surface area (Å²) in [6, 6.07) is 0. The molecule has 0 spiro atoms. The Morgan fingerprint density at radius 1 is 1.24 bits per heavy atom. The molecule has 0 N–H and O–H groups in total. The molecule has 2 fully saturated rings. The van der Waals surface area contributed by atoms with E-state index < -0.39 is 0 Å². The summed E-state index contributed by atoms with van der Waals surface area (Å²) in [4.78, 5) is 14.1. The first-order valence-electron chi connectivity index (χ1n) is 8.07. The molecule has 5 heteroatoms. The Morgan fingerprint density at radius 3 is 2.76 bits per heavy atom. The molecule has 1 aromatic heterocycles. The minimum Gasteiger partial charge on any atom is -0.381 e.